The van der Waals surface area contributed by atoms with E-state index in [0.717, 1.165) is 5.56 Å². The van der Waals surface area contributed by atoms with Crippen LogP contribution in [0.25, 0.3) is 0 Å². The number of benzene rings is 1. The molecule has 134 valence electrons. The average Bonchev–Trinajstić information content (AvgIpc) is 3.10. The largest absolute Gasteiger partial charge is 0.355 e. The van der Waals surface area contributed by atoms with Crippen LogP contribution in [-0.4, -0.2) is 43.9 Å². The standard InChI is InChI=1S/C19H25N3O2S/c1-22(2)16(17-9-6-12-25-17)14-21-18(23)10-11-20-19(24)13-15-7-4-3-5-8-15/h3-9,12,16H,10-11,13-14H2,1-2H3,(H,20,24)(H,21,23). The Morgan fingerprint density at radius 1 is 1.04 bits per heavy atom. The van der Waals surface area contributed by atoms with Crippen molar-refractivity contribution in [2.45, 2.75) is 18.9 Å². The first-order valence-corrected chi connectivity index (χ1v) is 9.21. The molecule has 2 N–H and O–H groups in total. The van der Waals surface area contributed by atoms with E-state index in [1.807, 2.05) is 55.9 Å². The number of nitrogens with one attached hydrogen (secondary N) is 2. The third-order valence-corrected chi connectivity index (χ3v) is 4.84. The van der Waals surface area contributed by atoms with Gasteiger partial charge in [0.15, 0.2) is 0 Å². The van der Waals surface area contributed by atoms with Gasteiger partial charge in [0.1, 0.15) is 0 Å². The van der Waals surface area contributed by atoms with Crippen molar-refractivity contribution in [2.24, 2.45) is 0 Å². The Bertz CT molecular complexity index is 657. The Morgan fingerprint density at radius 3 is 2.44 bits per heavy atom. The summed E-state index contributed by atoms with van der Waals surface area (Å²) in [5.74, 6) is -0.118. The summed E-state index contributed by atoms with van der Waals surface area (Å²) in [5, 5.41) is 7.78. The molecule has 0 bridgehead atoms. The van der Waals surface area contributed by atoms with E-state index < -0.39 is 0 Å². The molecule has 2 rings (SSSR count). The highest BCUT2D eigenvalue weighted by molar-refractivity contribution is 7.10. The van der Waals surface area contributed by atoms with Crippen LogP contribution in [0.5, 0.6) is 0 Å². The number of carbonyl (C=O) groups excluding carboxylic acids is 2. The van der Waals surface area contributed by atoms with Gasteiger partial charge in [-0.15, -0.1) is 11.3 Å². The lowest BCUT2D eigenvalue weighted by molar-refractivity contribution is -0.122. The lowest BCUT2D eigenvalue weighted by Gasteiger charge is -2.23. The van der Waals surface area contributed by atoms with Crippen molar-refractivity contribution in [2.75, 3.05) is 27.2 Å². The molecule has 25 heavy (non-hydrogen) atoms. The van der Waals surface area contributed by atoms with Crippen molar-refractivity contribution >= 4 is 23.2 Å². The van der Waals surface area contributed by atoms with Crippen LogP contribution in [0.1, 0.15) is 22.9 Å². The van der Waals surface area contributed by atoms with E-state index in [4.69, 9.17) is 0 Å². The second-order valence-electron chi connectivity index (χ2n) is 6.06. The predicted octanol–water partition coefficient (Wildman–Crippen LogP) is 2.22. The molecule has 1 aromatic heterocycles. The Balaban J connectivity index is 1.67. The average molecular weight is 359 g/mol. The molecule has 5 nitrogen and oxygen atoms in total. The molecule has 2 amide bonds. The number of hydrogen-bond acceptors (Lipinski definition) is 4. The van der Waals surface area contributed by atoms with E-state index in [-0.39, 0.29) is 24.3 Å². The molecule has 0 aliphatic carbocycles. The molecule has 1 atom stereocenters. The summed E-state index contributed by atoms with van der Waals surface area (Å²) in [6.45, 7) is 0.910. The van der Waals surface area contributed by atoms with Crippen molar-refractivity contribution in [1.82, 2.24) is 15.5 Å². The van der Waals surface area contributed by atoms with Gasteiger partial charge < -0.3 is 15.5 Å². The fourth-order valence-corrected chi connectivity index (χ4v) is 3.40. The van der Waals surface area contributed by atoms with Crippen molar-refractivity contribution < 1.29 is 9.59 Å². The van der Waals surface area contributed by atoms with E-state index in [2.05, 4.69) is 21.6 Å². The maximum Gasteiger partial charge on any atom is 0.224 e. The second kappa shape index (κ2) is 9.96. The number of hydrogen-bond donors (Lipinski definition) is 2. The Kier molecular flexibility index (Phi) is 7.63. The molecule has 1 unspecified atom stereocenters. The van der Waals surface area contributed by atoms with Crippen LogP contribution >= 0.6 is 11.3 Å². The minimum atomic E-state index is -0.0660. The molecule has 0 saturated carbocycles. The normalized spacial score (nSPS) is 12.0. The number of rotatable bonds is 9. The SMILES string of the molecule is CN(C)C(CNC(=O)CCNC(=O)Cc1ccccc1)c1cccs1. The summed E-state index contributed by atoms with van der Waals surface area (Å²) in [5.41, 5.74) is 0.967. The highest BCUT2D eigenvalue weighted by Crippen LogP contribution is 2.22. The van der Waals surface area contributed by atoms with Gasteiger partial charge in [0.2, 0.25) is 11.8 Å². The molecule has 0 aliphatic heterocycles. The van der Waals surface area contributed by atoms with Gasteiger partial charge in [0.05, 0.1) is 12.5 Å². The molecule has 0 fully saturated rings. The second-order valence-corrected chi connectivity index (χ2v) is 7.04. The molecule has 0 radical (unpaired) electrons. The number of thiophene rings is 1. The zero-order valence-corrected chi connectivity index (χ0v) is 15.5. The third kappa shape index (κ3) is 6.68. The fraction of sp³-hybridized carbons (Fsp3) is 0.368. The zero-order valence-electron chi connectivity index (χ0n) is 14.7. The van der Waals surface area contributed by atoms with Crippen molar-refractivity contribution in [3.05, 3.63) is 58.3 Å². The quantitative estimate of drug-likeness (QED) is 0.722. The highest BCUT2D eigenvalue weighted by Gasteiger charge is 2.16. The van der Waals surface area contributed by atoms with Gasteiger partial charge in [0.25, 0.3) is 0 Å². The van der Waals surface area contributed by atoms with Crippen molar-refractivity contribution in [1.29, 1.82) is 0 Å². The Morgan fingerprint density at radius 2 is 1.80 bits per heavy atom. The molecule has 0 saturated heterocycles. The minimum Gasteiger partial charge on any atom is -0.355 e. The number of likely N-dealkylation sites (N-methyl/N-ethyl adjacent to an activating group) is 1. The van der Waals surface area contributed by atoms with E-state index in [9.17, 15) is 9.59 Å². The first kappa shape index (κ1) is 19.1. The van der Waals surface area contributed by atoms with Crippen LogP contribution in [0.3, 0.4) is 0 Å². The molecule has 2 aromatic rings. The zero-order chi connectivity index (χ0) is 18.1. The van der Waals surface area contributed by atoms with Crippen molar-refractivity contribution in [3.63, 3.8) is 0 Å². The topological polar surface area (TPSA) is 61.4 Å². The molecule has 1 heterocycles. The fourth-order valence-electron chi connectivity index (χ4n) is 2.48. The summed E-state index contributed by atoms with van der Waals surface area (Å²) in [4.78, 5) is 27.2. The molecular weight excluding hydrogens is 334 g/mol. The van der Waals surface area contributed by atoms with Gasteiger partial charge in [-0.05, 0) is 31.1 Å². The summed E-state index contributed by atoms with van der Waals surface area (Å²) in [6.07, 6.45) is 0.620. The van der Waals surface area contributed by atoms with Crippen LogP contribution < -0.4 is 10.6 Å². The summed E-state index contributed by atoms with van der Waals surface area (Å²) >= 11 is 1.68. The van der Waals surface area contributed by atoms with Gasteiger partial charge in [0, 0.05) is 24.4 Å². The lowest BCUT2D eigenvalue weighted by atomic mass is 10.1. The minimum absolute atomic E-state index is 0.0524. The first-order chi connectivity index (χ1) is 12.1. The summed E-state index contributed by atoms with van der Waals surface area (Å²) < 4.78 is 0. The van der Waals surface area contributed by atoms with Crippen LogP contribution in [0, 0.1) is 0 Å². The van der Waals surface area contributed by atoms with Crippen LogP contribution in [0.4, 0.5) is 0 Å². The van der Waals surface area contributed by atoms with Crippen LogP contribution in [0.15, 0.2) is 47.8 Å². The van der Waals surface area contributed by atoms with Gasteiger partial charge in [-0.25, -0.2) is 0 Å². The maximum absolute atomic E-state index is 12.0. The molecule has 0 aliphatic rings. The molecule has 1 aromatic carbocycles. The van der Waals surface area contributed by atoms with Crippen LogP contribution in [-0.2, 0) is 16.0 Å². The van der Waals surface area contributed by atoms with Gasteiger partial charge in [-0.1, -0.05) is 36.4 Å². The molecular formula is C19H25N3O2S. The van der Waals surface area contributed by atoms with Gasteiger partial charge in [-0.3, -0.25) is 9.59 Å². The highest BCUT2D eigenvalue weighted by atomic mass is 32.1. The number of carbonyl (C=O) groups is 2. The number of nitrogens with zero attached hydrogens (tertiary/aromatic N) is 1. The van der Waals surface area contributed by atoms with Crippen molar-refractivity contribution in [3.8, 4) is 0 Å². The van der Waals surface area contributed by atoms with E-state index in [0.29, 0.717) is 19.5 Å². The first-order valence-electron chi connectivity index (χ1n) is 8.33. The van der Waals surface area contributed by atoms with E-state index in [1.165, 1.54) is 4.88 Å². The summed E-state index contributed by atoms with van der Waals surface area (Å²) in [6, 6.07) is 13.8. The monoisotopic (exact) mass is 359 g/mol. The van der Waals surface area contributed by atoms with E-state index >= 15 is 0 Å². The van der Waals surface area contributed by atoms with Crippen LogP contribution in [0.2, 0.25) is 0 Å². The van der Waals surface area contributed by atoms with Gasteiger partial charge in [-0.2, -0.15) is 0 Å². The Labute approximate surface area is 153 Å². The Hall–Kier alpha value is -2.18. The van der Waals surface area contributed by atoms with Gasteiger partial charge >= 0.3 is 0 Å². The third-order valence-electron chi connectivity index (χ3n) is 3.87. The molecule has 6 heteroatoms. The maximum atomic E-state index is 12.0. The smallest absolute Gasteiger partial charge is 0.224 e. The number of amides is 2. The van der Waals surface area contributed by atoms with E-state index in [1.54, 1.807) is 11.3 Å². The predicted molar refractivity (Wildman–Crippen MR) is 102 cm³/mol. The summed E-state index contributed by atoms with van der Waals surface area (Å²) in [7, 11) is 4.00. The molecule has 0 spiro atoms. The lowest BCUT2D eigenvalue weighted by Crippen LogP contribution is -2.36.